The molecule has 0 unspecified atom stereocenters. The molecule has 0 bridgehead atoms. The molecule has 7 heteroatoms. The summed E-state index contributed by atoms with van der Waals surface area (Å²) in [6.07, 6.45) is 2.60. The minimum Gasteiger partial charge on any atom is -0.347 e. The van der Waals surface area contributed by atoms with Crippen LogP contribution in [-0.4, -0.2) is 59.9 Å². The van der Waals surface area contributed by atoms with E-state index < -0.39 is 23.0 Å². The average molecular weight is 507 g/mol. The Morgan fingerprint density at radius 3 is 2.38 bits per heavy atom. The highest BCUT2D eigenvalue weighted by Gasteiger charge is 2.63. The largest absolute Gasteiger partial charge is 0.347 e. The number of amides is 3. The smallest absolute Gasteiger partial charge is 0.252 e. The van der Waals surface area contributed by atoms with Gasteiger partial charge in [-0.3, -0.25) is 14.4 Å². The van der Waals surface area contributed by atoms with Crippen LogP contribution in [0.3, 0.4) is 0 Å². The highest BCUT2D eigenvalue weighted by Crippen LogP contribution is 2.56. The normalized spacial score (nSPS) is 27.0. The maximum atomic E-state index is 14.2. The molecule has 0 radical (unpaired) electrons. The number of rotatable bonds is 6. The van der Waals surface area contributed by atoms with E-state index in [-0.39, 0.29) is 29.2 Å². The quantitative estimate of drug-likeness (QED) is 0.555. The number of nitrogens with zero attached hydrogens (tertiary/aromatic N) is 1. The molecule has 2 fully saturated rings. The SMILES string of the molecule is CN[C@@H](C)C(=O)N[C@H](C(=O)N1CC[C@@]2(C)CC[C@H](NC(=O)c3cccc4ccccc34)[C@@]12C)C(C)(C)C. The van der Waals surface area contributed by atoms with Gasteiger partial charge in [-0.25, -0.2) is 0 Å². The molecule has 4 rings (SSSR count). The van der Waals surface area contributed by atoms with Crippen LogP contribution in [0, 0.1) is 10.8 Å². The molecule has 200 valence electrons. The summed E-state index contributed by atoms with van der Waals surface area (Å²) in [4.78, 5) is 42.5. The van der Waals surface area contributed by atoms with Gasteiger partial charge in [0.05, 0.1) is 17.6 Å². The Bertz CT molecular complexity index is 1200. The van der Waals surface area contributed by atoms with E-state index in [9.17, 15) is 14.4 Å². The van der Waals surface area contributed by atoms with Crippen molar-refractivity contribution < 1.29 is 14.4 Å². The number of likely N-dealkylation sites (N-methyl/N-ethyl adjacent to an activating group) is 1. The van der Waals surface area contributed by atoms with Crippen LogP contribution in [0.15, 0.2) is 42.5 Å². The van der Waals surface area contributed by atoms with Crippen molar-refractivity contribution in [3.8, 4) is 0 Å². The third-order valence-corrected chi connectivity index (χ3v) is 9.16. The number of carbonyl (C=O) groups excluding carboxylic acids is 3. The number of hydrogen-bond donors (Lipinski definition) is 3. The minimum atomic E-state index is -0.676. The fourth-order valence-electron chi connectivity index (χ4n) is 6.31. The summed E-state index contributed by atoms with van der Waals surface area (Å²) in [6, 6.07) is 12.4. The lowest BCUT2D eigenvalue weighted by molar-refractivity contribution is -0.145. The summed E-state index contributed by atoms with van der Waals surface area (Å²) >= 11 is 0. The Morgan fingerprint density at radius 2 is 1.70 bits per heavy atom. The summed E-state index contributed by atoms with van der Waals surface area (Å²) in [5.41, 5.74) is -0.514. The van der Waals surface area contributed by atoms with Crippen LogP contribution >= 0.6 is 0 Å². The minimum absolute atomic E-state index is 0.0818. The lowest BCUT2D eigenvalue weighted by Crippen LogP contribution is -2.65. The Morgan fingerprint density at radius 1 is 1.03 bits per heavy atom. The van der Waals surface area contributed by atoms with Gasteiger partial charge in [-0.1, -0.05) is 64.1 Å². The molecule has 2 aromatic carbocycles. The van der Waals surface area contributed by atoms with Crippen molar-refractivity contribution >= 4 is 28.5 Å². The van der Waals surface area contributed by atoms with E-state index >= 15 is 0 Å². The van der Waals surface area contributed by atoms with Crippen molar-refractivity contribution in [3.63, 3.8) is 0 Å². The van der Waals surface area contributed by atoms with E-state index in [1.165, 1.54) is 0 Å². The molecule has 2 aromatic rings. The van der Waals surface area contributed by atoms with Crippen molar-refractivity contribution in [2.45, 2.75) is 84.5 Å². The second-order valence-electron chi connectivity index (χ2n) is 12.4. The number of fused-ring (bicyclic) bond motifs is 2. The molecule has 2 aliphatic rings. The molecule has 0 spiro atoms. The van der Waals surface area contributed by atoms with Crippen LogP contribution in [0.4, 0.5) is 0 Å². The monoisotopic (exact) mass is 506 g/mol. The van der Waals surface area contributed by atoms with Crippen LogP contribution in [0.2, 0.25) is 0 Å². The molecular formula is C30H42N4O3. The van der Waals surface area contributed by atoms with Crippen molar-refractivity contribution in [3.05, 3.63) is 48.0 Å². The summed E-state index contributed by atoms with van der Waals surface area (Å²) < 4.78 is 0. The fourth-order valence-corrected chi connectivity index (χ4v) is 6.31. The van der Waals surface area contributed by atoms with Gasteiger partial charge in [-0.05, 0) is 67.8 Å². The van der Waals surface area contributed by atoms with Crippen molar-refractivity contribution in [2.75, 3.05) is 13.6 Å². The summed E-state index contributed by atoms with van der Waals surface area (Å²) in [6.45, 7) is 12.7. The summed E-state index contributed by atoms with van der Waals surface area (Å²) in [7, 11) is 1.73. The van der Waals surface area contributed by atoms with E-state index in [4.69, 9.17) is 0 Å². The second-order valence-corrected chi connectivity index (χ2v) is 12.4. The topological polar surface area (TPSA) is 90.5 Å². The van der Waals surface area contributed by atoms with Gasteiger partial charge in [0, 0.05) is 12.1 Å². The molecule has 0 aromatic heterocycles. The van der Waals surface area contributed by atoms with E-state index in [2.05, 4.69) is 29.8 Å². The van der Waals surface area contributed by atoms with Gasteiger partial charge >= 0.3 is 0 Å². The molecule has 1 aliphatic heterocycles. The third kappa shape index (κ3) is 4.63. The lowest BCUT2D eigenvalue weighted by atomic mass is 9.73. The maximum absolute atomic E-state index is 14.2. The molecular weight excluding hydrogens is 464 g/mol. The van der Waals surface area contributed by atoms with Crippen LogP contribution in [0.25, 0.3) is 10.8 Å². The zero-order chi connectivity index (χ0) is 27.2. The Labute approximate surface area is 220 Å². The number of benzene rings is 2. The Kier molecular flexibility index (Phi) is 7.14. The molecule has 3 amide bonds. The number of likely N-dealkylation sites (tertiary alicyclic amines) is 1. The lowest BCUT2D eigenvalue weighted by Gasteiger charge is -2.47. The van der Waals surface area contributed by atoms with Gasteiger partial charge in [0.2, 0.25) is 11.8 Å². The van der Waals surface area contributed by atoms with E-state index in [0.29, 0.717) is 12.1 Å². The molecule has 1 aliphatic carbocycles. The average Bonchev–Trinajstić information content (AvgIpc) is 3.27. The van der Waals surface area contributed by atoms with Gasteiger partial charge in [-0.2, -0.15) is 0 Å². The first-order chi connectivity index (χ1) is 17.3. The molecule has 1 saturated heterocycles. The molecule has 1 heterocycles. The summed E-state index contributed by atoms with van der Waals surface area (Å²) in [5.74, 6) is -0.396. The number of hydrogen-bond acceptors (Lipinski definition) is 4. The Hall–Kier alpha value is -2.93. The van der Waals surface area contributed by atoms with Crippen LogP contribution < -0.4 is 16.0 Å². The molecule has 1 saturated carbocycles. The van der Waals surface area contributed by atoms with Gasteiger partial charge in [0.15, 0.2) is 0 Å². The standard InChI is InChI=1S/C30H42N4O3/c1-19(31-7)25(35)33-24(28(2,3)4)27(37)34-18-17-29(5)16-15-23(30(29,34)6)32-26(36)22-14-10-12-20-11-8-9-13-21(20)22/h8-14,19,23-24,31H,15-18H2,1-7H3,(H,32,36)(H,33,35)/t19-,23-,24+,29+,30+/m0/s1. The Balaban J connectivity index is 1.63. The number of nitrogens with one attached hydrogen (secondary N) is 3. The van der Waals surface area contributed by atoms with Crippen LogP contribution in [-0.2, 0) is 9.59 Å². The van der Waals surface area contributed by atoms with Gasteiger partial charge in [-0.15, -0.1) is 0 Å². The maximum Gasteiger partial charge on any atom is 0.252 e. The molecule has 7 nitrogen and oxygen atoms in total. The predicted octanol–water partition coefficient (Wildman–Crippen LogP) is 3.87. The third-order valence-electron chi connectivity index (χ3n) is 9.16. The molecule has 37 heavy (non-hydrogen) atoms. The van der Waals surface area contributed by atoms with E-state index in [1.54, 1.807) is 14.0 Å². The second kappa shape index (κ2) is 9.75. The zero-order valence-corrected chi connectivity index (χ0v) is 23.3. The van der Waals surface area contributed by atoms with Crippen molar-refractivity contribution in [1.82, 2.24) is 20.9 Å². The van der Waals surface area contributed by atoms with Crippen LogP contribution in [0.5, 0.6) is 0 Å². The first kappa shape index (κ1) is 27.1. The first-order valence-electron chi connectivity index (χ1n) is 13.4. The predicted molar refractivity (Wildman–Crippen MR) is 147 cm³/mol. The zero-order valence-electron chi connectivity index (χ0n) is 23.3. The highest BCUT2D eigenvalue weighted by atomic mass is 16.2. The fraction of sp³-hybridized carbons (Fsp3) is 0.567. The van der Waals surface area contributed by atoms with Gasteiger partial charge in [0.1, 0.15) is 6.04 Å². The first-order valence-corrected chi connectivity index (χ1v) is 13.4. The van der Waals surface area contributed by atoms with E-state index in [1.807, 2.05) is 68.1 Å². The van der Waals surface area contributed by atoms with Crippen molar-refractivity contribution in [1.29, 1.82) is 0 Å². The molecule has 3 N–H and O–H groups in total. The van der Waals surface area contributed by atoms with Gasteiger partial charge in [0.25, 0.3) is 5.91 Å². The van der Waals surface area contributed by atoms with Gasteiger partial charge < -0.3 is 20.9 Å². The van der Waals surface area contributed by atoms with E-state index in [0.717, 1.165) is 30.0 Å². The summed E-state index contributed by atoms with van der Waals surface area (Å²) in [5, 5.41) is 11.2. The van der Waals surface area contributed by atoms with Crippen LogP contribution in [0.1, 0.15) is 71.2 Å². The highest BCUT2D eigenvalue weighted by molar-refractivity contribution is 6.07. The van der Waals surface area contributed by atoms with Crippen molar-refractivity contribution in [2.24, 2.45) is 10.8 Å². The number of carbonyl (C=O) groups is 3. The molecule has 5 atom stereocenters.